The highest BCUT2D eigenvalue weighted by Gasteiger charge is 2.33. The Bertz CT molecular complexity index is 288. The van der Waals surface area contributed by atoms with Crippen molar-refractivity contribution in [1.29, 1.82) is 0 Å². The van der Waals surface area contributed by atoms with Crippen LogP contribution in [0.5, 0.6) is 0 Å². The predicted octanol–water partition coefficient (Wildman–Crippen LogP) is 2.28. The van der Waals surface area contributed by atoms with Gasteiger partial charge in [0.15, 0.2) is 0 Å². The van der Waals surface area contributed by atoms with Crippen LogP contribution < -0.4 is 0 Å². The maximum atomic E-state index is 12.3. The first-order chi connectivity index (χ1) is 7.82. The van der Waals surface area contributed by atoms with Crippen molar-refractivity contribution in [2.24, 2.45) is 5.92 Å². The lowest BCUT2D eigenvalue weighted by Crippen LogP contribution is -2.48. The highest BCUT2D eigenvalue weighted by molar-refractivity contribution is 5.80. The van der Waals surface area contributed by atoms with Gasteiger partial charge in [0, 0.05) is 18.0 Å². The van der Waals surface area contributed by atoms with E-state index in [2.05, 4.69) is 0 Å². The largest absolute Gasteiger partial charge is 0.481 e. The zero-order valence-electron chi connectivity index (χ0n) is 11.0. The summed E-state index contributed by atoms with van der Waals surface area (Å²) in [7, 11) is 0. The third kappa shape index (κ3) is 4.02. The Morgan fingerprint density at radius 3 is 2.18 bits per heavy atom. The fourth-order valence-corrected chi connectivity index (χ4v) is 2.38. The molecule has 1 aliphatic rings. The maximum Gasteiger partial charge on any atom is 0.305 e. The van der Waals surface area contributed by atoms with E-state index in [1.807, 2.05) is 20.8 Å². The molecule has 17 heavy (non-hydrogen) atoms. The number of nitrogens with zero attached hydrogens (tertiary/aromatic N) is 1. The molecule has 0 heterocycles. The van der Waals surface area contributed by atoms with E-state index in [1.165, 1.54) is 0 Å². The molecule has 1 saturated carbocycles. The molecule has 0 aromatic carbocycles. The Hall–Kier alpha value is -1.06. The van der Waals surface area contributed by atoms with Crippen LogP contribution in [0.25, 0.3) is 0 Å². The fraction of sp³-hybridized carbons (Fsp3) is 0.846. The summed E-state index contributed by atoms with van der Waals surface area (Å²) in [6.45, 7) is 6.19. The van der Waals surface area contributed by atoms with Crippen molar-refractivity contribution in [2.45, 2.75) is 58.4 Å². The van der Waals surface area contributed by atoms with Crippen molar-refractivity contribution in [1.82, 2.24) is 4.90 Å². The monoisotopic (exact) mass is 241 g/mol. The van der Waals surface area contributed by atoms with Crippen LogP contribution >= 0.6 is 0 Å². The molecule has 0 unspecified atom stereocenters. The highest BCUT2D eigenvalue weighted by atomic mass is 16.4. The normalized spacial score (nSPS) is 17.1. The van der Waals surface area contributed by atoms with Gasteiger partial charge in [0.05, 0.1) is 6.42 Å². The Labute approximate surface area is 103 Å². The second kappa shape index (κ2) is 5.52. The molecular weight excluding hydrogens is 218 g/mol. The maximum absolute atomic E-state index is 12.3. The van der Waals surface area contributed by atoms with Gasteiger partial charge in [-0.1, -0.05) is 12.8 Å². The van der Waals surface area contributed by atoms with Crippen molar-refractivity contribution in [3.8, 4) is 0 Å². The Balaban J connectivity index is 2.68. The van der Waals surface area contributed by atoms with Crippen LogP contribution in [0.2, 0.25) is 0 Å². The summed E-state index contributed by atoms with van der Waals surface area (Å²) >= 11 is 0. The molecule has 1 aliphatic carbocycles. The summed E-state index contributed by atoms with van der Waals surface area (Å²) in [6, 6.07) is 0. The van der Waals surface area contributed by atoms with E-state index in [4.69, 9.17) is 5.11 Å². The molecule has 0 spiro atoms. The van der Waals surface area contributed by atoms with Gasteiger partial charge < -0.3 is 10.0 Å². The number of hydrogen-bond acceptors (Lipinski definition) is 2. The number of carboxylic acid groups (broad SMARTS) is 1. The molecular formula is C13H23NO3. The number of rotatable bonds is 4. The van der Waals surface area contributed by atoms with Crippen LogP contribution in [0.3, 0.4) is 0 Å². The fourth-order valence-electron chi connectivity index (χ4n) is 2.38. The van der Waals surface area contributed by atoms with Crippen molar-refractivity contribution >= 4 is 11.9 Å². The van der Waals surface area contributed by atoms with Crippen LogP contribution in [0, 0.1) is 5.92 Å². The molecule has 4 nitrogen and oxygen atoms in total. The van der Waals surface area contributed by atoms with Crippen LogP contribution in [0.1, 0.15) is 52.9 Å². The van der Waals surface area contributed by atoms with Crippen molar-refractivity contribution in [3.63, 3.8) is 0 Å². The van der Waals surface area contributed by atoms with Gasteiger partial charge in [0.25, 0.3) is 0 Å². The molecule has 98 valence electrons. The Kier molecular flexibility index (Phi) is 4.54. The lowest BCUT2D eigenvalue weighted by atomic mass is 10.00. The molecule has 0 aliphatic heterocycles. The summed E-state index contributed by atoms with van der Waals surface area (Å²) < 4.78 is 0. The smallest absolute Gasteiger partial charge is 0.305 e. The van der Waals surface area contributed by atoms with Gasteiger partial charge in [0.2, 0.25) is 5.91 Å². The molecule has 0 bridgehead atoms. The standard InChI is InChI=1S/C13H23NO3/c1-13(2,3)14(9-8-11(15)16)12(17)10-6-4-5-7-10/h10H,4-9H2,1-3H3,(H,15,16). The minimum atomic E-state index is -0.849. The summed E-state index contributed by atoms with van der Waals surface area (Å²) in [5, 5.41) is 8.74. The molecule has 0 aromatic heterocycles. The van der Waals surface area contributed by atoms with Gasteiger partial charge in [-0.25, -0.2) is 0 Å². The molecule has 1 amide bonds. The summed E-state index contributed by atoms with van der Waals surface area (Å²) in [5.74, 6) is -0.599. The number of carbonyl (C=O) groups excluding carboxylic acids is 1. The van der Waals surface area contributed by atoms with E-state index in [0.29, 0.717) is 6.54 Å². The molecule has 0 atom stereocenters. The van der Waals surface area contributed by atoms with Crippen molar-refractivity contribution in [2.75, 3.05) is 6.54 Å². The number of carbonyl (C=O) groups is 2. The minimum absolute atomic E-state index is 0.0235. The number of hydrogen-bond donors (Lipinski definition) is 1. The molecule has 1 rings (SSSR count). The van der Waals surface area contributed by atoms with Crippen LogP contribution in [-0.4, -0.2) is 34.0 Å². The van der Waals surface area contributed by atoms with E-state index >= 15 is 0 Å². The molecule has 0 aromatic rings. The van der Waals surface area contributed by atoms with Crippen LogP contribution in [-0.2, 0) is 9.59 Å². The van der Waals surface area contributed by atoms with E-state index in [1.54, 1.807) is 4.90 Å². The Morgan fingerprint density at radius 2 is 1.76 bits per heavy atom. The minimum Gasteiger partial charge on any atom is -0.481 e. The number of aliphatic carboxylic acids is 1. The van der Waals surface area contributed by atoms with Gasteiger partial charge in [-0.2, -0.15) is 0 Å². The second-order valence-corrected chi connectivity index (χ2v) is 5.79. The zero-order valence-corrected chi connectivity index (χ0v) is 11.0. The zero-order chi connectivity index (χ0) is 13.1. The molecule has 4 heteroatoms. The van der Waals surface area contributed by atoms with Gasteiger partial charge >= 0.3 is 5.97 Å². The summed E-state index contributed by atoms with van der Waals surface area (Å²) in [6.07, 6.45) is 4.17. The average molecular weight is 241 g/mol. The lowest BCUT2D eigenvalue weighted by Gasteiger charge is -2.37. The van der Waals surface area contributed by atoms with Crippen LogP contribution in [0.15, 0.2) is 0 Å². The number of carboxylic acids is 1. The SMILES string of the molecule is CC(C)(C)N(CCC(=O)O)C(=O)C1CCCC1. The highest BCUT2D eigenvalue weighted by Crippen LogP contribution is 2.29. The second-order valence-electron chi connectivity index (χ2n) is 5.79. The first-order valence-corrected chi connectivity index (χ1v) is 6.35. The van der Waals surface area contributed by atoms with Gasteiger partial charge in [-0.05, 0) is 33.6 Å². The van der Waals surface area contributed by atoms with Gasteiger partial charge in [0.1, 0.15) is 0 Å². The van der Waals surface area contributed by atoms with Crippen molar-refractivity contribution in [3.05, 3.63) is 0 Å². The third-order valence-corrected chi connectivity index (χ3v) is 3.33. The average Bonchev–Trinajstić information content (AvgIpc) is 2.67. The molecule has 1 N–H and O–H groups in total. The van der Waals surface area contributed by atoms with Gasteiger partial charge in [-0.3, -0.25) is 9.59 Å². The quantitative estimate of drug-likeness (QED) is 0.821. The van der Waals surface area contributed by atoms with E-state index in [-0.39, 0.29) is 23.8 Å². The molecule has 0 saturated heterocycles. The summed E-state index contributed by atoms with van der Waals surface area (Å²) in [4.78, 5) is 24.7. The Morgan fingerprint density at radius 1 is 1.24 bits per heavy atom. The topological polar surface area (TPSA) is 57.6 Å². The molecule has 0 radical (unpaired) electrons. The van der Waals surface area contributed by atoms with E-state index in [9.17, 15) is 9.59 Å². The molecule has 1 fully saturated rings. The lowest BCUT2D eigenvalue weighted by molar-refractivity contribution is -0.143. The van der Waals surface area contributed by atoms with E-state index in [0.717, 1.165) is 25.7 Å². The first-order valence-electron chi connectivity index (χ1n) is 6.35. The van der Waals surface area contributed by atoms with Gasteiger partial charge in [-0.15, -0.1) is 0 Å². The summed E-state index contributed by atoms with van der Waals surface area (Å²) in [5.41, 5.74) is -0.297. The number of amides is 1. The first kappa shape index (κ1) is 14.0. The van der Waals surface area contributed by atoms with Crippen LogP contribution in [0.4, 0.5) is 0 Å². The van der Waals surface area contributed by atoms with Crippen molar-refractivity contribution < 1.29 is 14.7 Å². The predicted molar refractivity (Wildman–Crippen MR) is 65.7 cm³/mol. The third-order valence-electron chi connectivity index (χ3n) is 3.33. The van der Waals surface area contributed by atoms with E-state index < -0.39 is 5.97 Å².